The van der Waals surface area contributed by atoms with E-state index in [-0.39, 0.29) is 11.7 Å². The lowest BCUT2D eigenvalue weighted by molar-refractivity contribution is 0.0953. The van der Waals surface area contributed by atoms with Crippen LogP contribution in [-0.4, -0.2) is 25.0 Å². The molecular formula is C12H14BrFN2O. The number of carbonyl (C=O) groups excluding carboxylic acids is 1. The molecule has 2 N–H and O–H groups in total. The van der Waals surface area contributed by atoms with Crippen LogP contribution < -0.4 is 10.6 Å². The number of nitrogens with one attached hydrogen (secondary N) is 2. The summed E-state index contributed by atoms with van der Waals surface area (Å²) in [5, 5.41) is 6.08. The van der Waals surface area contributed by atoms with Crippen molar-refractivity contribution in [3.05, 3.63) is 34.1 Å². The predicted molar refractivity (Wildman–Crippen MR) is 67.5 cm³/mol. The highest BCUT2D eigenvalue weighted by molar-refractivity contribution is 9.10. The zero-order valence-corrected chi connectivity index (χ0v) is 10.9. The Morgan fingerprint density at radius 3 is 2.82 bits per heavy atom. The van der Waals surface area contributed by atoms with E-state index < -0.39 is 0 Å². The monoisotopic (exact) mass is 300 g/mol. The van der Waals surface area contributed by atoms with Gasteiger partial charge in [-0.25, -0.2) is 4.39 Å². The Labute approximate surface area is 108 Å². The van der Waals surface area contributed by atoms with Crippen LogP contribution in [0, 0.1) is 5.82 Å². The van der Waals surface area contributed by atoms with Gasteiger partial charge in [-0.05, 0) is 47.0 Å². The standard InChI is InChI=1S/C12H14BrFN2O/c13-10-7-8(1-4-11(10)14)12(17)16-6-5-15-9-2-3-9/h1,4,7,9,15H,2-3,5-6H2,(H,16,17). The minimum absolute atomic E-state index is 0.178. The van der Waals surface area contributed by atoms with Gasteiger partial charge in [0.25, 0.3) is 5.91 Å². The van der Waals surface area contributed by atoms with Crippen LogP contribution in [0.1, 0.15) is 23.2 Å². The molecule has 0 atom stereocenters. The number of halogens is 2. The summed E-state index contributed by atoms with van der Waals surface area (Å²) in [4.78, 5) is 11.7. The second-order valence-electron chi connectivity index (χ2n) is 4.11. The molecule has 3 nitrogen and oxygen atoms in total. The van der Waals surface area contributed by atoms with Gasteiger partial charge in [-0.15, -0.1) is 0 Å². The Kier molecular flexibility index (Phi) is 4.12. The molecule has 0 aliphatic heterocycles. The Balaban J connectivity index is 1.79. The maximum atomic E-state index is 13.0. The average molecular weight is 301 g/mol. The SMILES string of the molecule is O=C(NCCNC1CC1)c1ccc(F)c(Br)c1. The lowest BCUT2D eigenvalue weighted by atomic mass is 10.2. The van der Waals surface area contributed by atoms with E-state index >= 15 is 0 Å². The summed E-state index contributed by atoms with van der Waals surface area (Å²) >= 11 is 3.06. The van der Waals surface area contributed by atoms with Crippen LogP contribution in [0.2, 0.25) is 0 Å². The largest absolute Gasteiger partial charge is 0.351 e. The van der Waals surface area contributed by atoms with E-state index in [2.05, 4.69) is 26.6 Å². The Hall–Kier alpha value is -0.940. The van der Waals surface area contributed by atoms with E-state index in [1.54, 1.807) is 0 Å². The quantitative estimate of drug-likeness (QED) is 0.818. The van der Waals surface area contributed by atoms with Gasteiger partial charge in [-0.3, -0.25) is 4.79 Å². The molecule has 1 saturated carbocycles. The molecule has 0 aromatic heterocycles. The van der Waals surface area contributed by atoms with E-state index in [0.29, 0.717) is 22.6 Å². The van der Waals surface area contributed by atoms with Crippen LogP contribution in [0.4, 0.5) is 4.39 Å². The highest BCUT2D eigenvalue weighted by Gasteiger charge is 2.19. The fourth-order valence-electron chi connectivity index (χ4n) is 1.48. The Morgan fingerprint density at radius 1 is 1.41 bits per heavy atom. The highest BCUT2D eigenvalue weighted by atomic mass is 79.9. The smallest absolute Gasteiger partial charge is 0.251 e. The topological polar surface area (TPSA) is 41.1 Å². The number of benzene rings is 1. The minimum Gasteiger partial charge on any atom is -0.351 e. The molecule has 1 amide bonds. The van der Waals surface area contributed by atoms with Crippen molar-refractivity contribution in [2.75, 3.05) is 13.1 Å². The van der Waals surface area contributed by atoms with E-state index in [4.69, 9.17) is 0 Å². The number of amides is 1. The van der Waals surface area contributed by atoms with Crippen molar-refractivity contribution in [3.63, 3.8) is 0 Å². The molecule has 17 heavy (non-hydrogen) atoms. The lowest BCUT2D eigenvalue weighted by Gasteiger charge is -2.06. The molecule has 1 aromatic rings. The Morgan fingerprint density at radius 2 is 2.18 bits per heavy atom. The summed E-state index contributed by atoms with van der Waals surface area (Å²) < 4.78 is 13.3. The summed E-state index contributed by atoms with van der Waals surface area (Å²) in [5.74, 6) is -0.541. The van der Waals surface area contributed by atoms with Crippen LogP contribution in [0.3, 0.4) is 0 Å². The molecular weight excluding hydrogens is 287 g/mol. The third kappa shape index (κ3) is 3.78. The van der Waals surface area contributed by atoms with Crippen molar-refractivity contribution in [2.45, 2.75) is 18.9 Å². The first kappa shape index (κ1) is 12.5. The number of hydrogen-bond acceptors (Lipinski definition) is 2. The van der Waals surface area contributed by atoms with Crippen molar-refractivity contribution in [2.24, 2.45) is 0 Å². The zero-order chi connectivity index (χ0) is 12.3. The molecule has 0 spiro atoms. The molecule has 1 fully saturated rings. The number of rotatable bonds is 5. The third-order valence-electron chi connectivity index (χ3n) is 2.60. The minimum atomic E-state index is -0.364. The molecule has 2 rings (SSSR count). The summed E-state index contributed by atoms with van der Waals surface area (Å²) in [6.45, 7) is 1.36. The third-order valence-corrected chi connectivity index (χ3v) is 3.21. The van der Waals surface area contributed by atoms with Crippen LogP contribution >= 0.6 is 15.9 Å². The van der Waals surface area contributed by atoms with Crippen molar-refractivity contribution >= 4 is 21.8 Å². The van der Waals surface area contributed by atoms with Crippen LogP contribution in [-0.2, 0) is 0 Å². The van der Waals surface area contributed by atoms with E-state index in [0.717, 1.165) is 6.54 Å². The molecule has 92 valence electrons. The van der Waals surface area contributed by atoms with E-state index in [1.165, 1.54) is 31.0 Å². The van der Waals surface area contributed by atoms with Gasteiger partial charge < -0.3 is 10.6 Å². The van der Waals surface area contributed by atoms with E-state index in [9.17, 15) is 9.18 Å². The first-order valence-corrected chi connectivity index (χ1v) is 6.43. The second-order valence-corrected chi connectivity index (χ2v) is 4.97. The van der Waals surface area contributed by atoms with Gasteiger partial charge in [0.15, 0.2) is 0 Å². The summed E-state index contributed by atoms with van der Waals surface area (Å²) in [6, 6.07) is 4.89. The maximum absolute atomic E-state index is 13.0. The van der Waals surface area contributed by atoms with E-state index in [1.807, 2.05) is 0 Å². The number of carbonyl (C=O) groups is 1. The molecule has 1 aliphatic rings. The van der Waals surface area contributed by atoms with Gasteiger partial charge in [0.2, 0.25) is 0 Å². The number of hydrogen-bond donors (Lipinski definition) is 2. The van der Waals surface area contributed by atoms with Crippen LogP contribution in [0.5, 0.6) is 0 Å². The van der Waals surface area contributed by atoms with Crippen molar-refractivity contribution < 1.29 is 9.18 Å². The fourth-order valence-corrected chi connectivity index (χ4v) is 1.86. The summed E-state index contributed by atoms with van der Waals surface area (Å²) in [7, 11) is 0. The molecule has 0 bridgehead atoms. The van der Waals surface area contributed by atoms with Gasteiger partial charge in [-0.2, -0.15) is 0 Å². The summed E-state index contributed by atoms with van der Waals surface area (Å²) in [5.41, 5.74) is 0.463. The first-order valence-electron chi connectivity index (χ1n) is 5.63. The Bertz CT molecular complexity index is 421. The van der Waals surface area contributed by atoms with Gasteiger partial charge in [0, 0.05) is 24.7 Å². The van der Waals surface area contributed by atoms with Crippen molar-refractivity contribution in [1.82, 2.24) is 10.6 Å². The second kappa shape index (κ2) is 5.60. The van der Waals surface area contributed by atoms with Crippen molar-refractivity contribution in [1.29, 1.82) is 0 Å². The predicted octanol–water partition coefficient (Wildman–Crippen LogP) is 2.07. The molecule has 1 aromatic carbocycles. The van der Waals surface area contributed by atoms with Gasteiger partial charge in [-0.1, -0.05) is 0 Å². The molecule has 1 aliphatic carbocycles. The zero-order valence-electron chi connectivity index (χ0n) is 9.30. The molecule has 0 radical (unpaired) electrons. The molecule has 0 unspecified atom stereocenters. The van der Waals surface area contributed by atoms with Crippen molar-refractivity contribution in [3.8, 4) is 0 Å². The highest BCUT2D eigenvalue weighted by Crippen LogP contribution is 2.18. The average Bonchev–Trinajstić information content (AvgIpc) is 3.12. The van der Waals surface area contributed by atoms with Gasteiger partial charge >= 0.3 is 0 Å². The maximum Gasteiger partial charge on any atom is 0.251 e. The van der Waals surface area contributed by atoms with Crippen LogP contribution in [0.15, 0.2) is 22.7 Å². The molecule has 5 heteroatoms. The first-order chi connectivity index (χ1) is 8.16. The van der Waals surface area contributed by atoms with Gasteiger partial charge in [0.1, 0.15) is 5.82 Å². The van der Waals surface area contributed by atoms with Crippen LogP contribution in [0.25, 0.3) is 0 Å². The summed E-state index contributed by atoms with van der Waals surface area (Å²) in [6.07, 6.45) is 2.47. The normalized spacial score (nSPS) is 14.7. The molecule has 0 heterocycles. The van der Waals surface area contributed by atoms with Gasteiger partial charge in [0.05, 0.1) is 4.47 Å². The fraction of sp³-hybridized carbons (Fsp3) is 0.417. The lowest BCUT2D eigenvalue weighted by Crippen LogP contribution is -2.32. The molecule has 0 saturated heterocycles.